The molecule has 9 heteroatoms. The van der Waals surface area contributed by atoms with E-state index in [1.807, 2.05) is 0 Å². The fourth-order valence-electron chi connectivity index (χ4n) is 1.22. The summed E-state index contributed by atoms with van der Waals surface area (Å²) < 4.78 is 11.6. The smallest absolute Gasteiger partial charge is 0.307 e. The molecule has 3 N–H and O–H groups in total. The maximum atomic E-state index is 11.6. The van der Waals surface area contributed by atoms with Crippen LogP contribution in [0, 0.1) is 5.92 Å². The van der Waals surface area contributed by atoms with Gasteiger partial charge in [-0.05, 0) is 0 Å². The maximum absolute atomic E-state index is 11.6. The van der Waals surface area contributed by atoms with E-state index in [-0.39, 0.29) is 0 Å². The van der Waals surface area contributed by atoms with Gasteiger partial charge in [0, 0.05) is 13.2 Å². The zero-order valence-corrected chi connectivity index (χ0v) is 10.0. The molecule has 0 radical (unpaired) electrons. The third-order valence-corrected chi connectivity index (χ3v) is 3.80. The molecule has 0 saturated carbocycles. The second-order valence-corrected chi connectivity index (χ2v) is 6.01. The van der Waals surface area contributed by atoms with Gasteiger partial charge in [-0.1, -0.05) is 0 Å². The zero-order valence-electron chi connectivity index (χ0n) is 9.15. The molecule has 2 atom stereocenters. The number of aliphatic carboxylic acids is 2. The lowest BCUT2D eigenvalue weighted by Crippen LogP contribution is -2.25. The van der Waals surface area contributed by atoms with E-state index in [9.17, 15) is 23.8 Å². The van der Waals surface area contributed by atoms with E-state index in [1.54, 1.807) is 0 Å². The first-order chi connectivity index (χ1) is 7.68. The highest BCUT2D eigenvalue weighted by Crippen LogP contribution is 2.43. The van der Waals surface area contributed by atoms with Gasteiger partial charge in [0.15, 0.2) is 0 Å². The Labute approximate surface area is 97.3 Å². The first-order valence-corrected chi connectivity index (χ1v) is 6.62. The van der Waals surface area contributed by atoms with Gasteiger partial charge in [0.1, 0.15) is 0 Å². The minimum absolute atomic E-state index is 0.329. The van der Waals surface area contributed by atoms with Crippen LogP contribution in [0.15, 0.2) is 0 Å². The summed E-state index contributed by atoms with van der Waals surface area (Å²) in [4.78, 5) is 41.7. The average molecular weight is 267 g/mol. The lowest BCUT2D eigenvalue weighted by Gasteiger charge is -2.19. The summed E-state index contributed by atoms with van der Waals surface area (Å²) in [5, 5.41) is 17.2. The molecule has 8 nitrogen and oxygen atoms in total. The summed E-state index contributed by atoms with van der Waals surface area (Å²) in [6.45, 7) is 0. The van der Waals surface area contributed by atoms with Gasteiger partial charge in [-0.25, -0.2) is 0 Å². The van der Waals surface area contributed by atoms with E-state index in [1.165, 1.54) is 7.05 Å². The van der Waals surface area contributed by atoms with Gasteiger partial charge in [-0.2, -0.15) is 0 Å². The molecule has 0 aromatic rings. The monoisotopic (exact) mass is 267 g/mol. The van der Waals surface area contributed by atoms with Crippen molar-refractivity contribution in [2.45, 2.75) is 6.42 Å². The number of carbonyl (C=O) groups excluding carboxylic acids is 1. The van der Waals surface area contributed by atoms with Gasteiger partial charge in [0.2, 0.25) is 13.8 Å². The summed E-state index contributed by atoms with van der Waals surface area (Å²) in [5.74, 6) is -4.25. The Hall–Kier alpha value is -1.40. The Morgan fingerprint density at radius 3 is 2.29 bits per heavy atom. The molecule has 0 heterocycles. The first-order valence-electron chi connectivity index (χ1n) is 4.59. The number of nitrogens with zero attached hydrogens (tertiary/aromatic N) is 1. The molecule has 0 saturated heterocycles. The first kappa shape index (κ1) is 15.6. The van der Waals surface area contributed by atoms with Gasteiger partial charge >= 0.3 is 11.9 Å². The van der Waals surface area contributed by atoms with Gasteiger partial charge in [0.25, 0.3) is 0 Å². The highest BCUT2D eigenvalue weighted by Gasteiger charge is 2.31. The van der Waals surface area contributed by atoms with Crippen molar-refractivity contribution in [1.82, 2.24) is 4.90 Å². The SMILES string of the molecule is CN(C=O)CP(=O)(O)C[C@H](CC(=O)O)C(=O)O. The largest absolute Gasteiger partial charge is 0.481 e. The van der Waals surface area contributed by atoms with E-state index in [0.717, 1.165) is 4.90 Å². The standard InChI is InChI=1S/C8H14NO7P/c1-9(4-10)5-17(15,16)3-6(8(13)14)2-7(11)12/h4,6H,2-3,5H2,1H3,(H,11,12)(H,13,14)(H,15,16)/t6-/m0/s1. The minimum Gasteiger partial charge on any atom is -0.481 e. The van der Waals surface area contributed by atoms with Crippen LogP contribution < -0.4 is 0 Å². The summed E-state index contributed by atoms with van der Waals surface area (Å²) >= 11 is 0. The van der Waals surface area contributed by atoms with Crippen LogP contribution >= 0.6 is 7.37 Å². The summed E-state index contributed by atoms with van der Waals surface area (Å²) in [6.07, 6.45) is -1.58. The fourth-order valence-corrected chi connectivity index (χ4v) is 3.08. The molecule has 98 valence electrons. The van der Waals surface area contributed by atoms with Crippen LogP contribution in [0.4, 0.5) is 0 Å². The quantitative estimate of drug-likeness (QED) is 0.398. The zero-order chi connectivity index (χ0) is 13.6. The molecular formula is C8H14NO7P. The lowest BCUT2D eigenvalue weighted by atomic mass is 10.1. The summed E-state index contributed by atoms with van der Waals surface area (Å²) in [6, 6.07) is 0. The number of hydrogen-bond acceptors (Lipinski definition) is 4. The molecule has 0 aliphatic rings. The number of carboxylic acid groups (broad SMARTS) is 2. The Morgan fingerprint density at radius 2 is 1.94 bits per heavy atom. The number of carbonyl (C=O) groups is 3. The Kier molecular flexibility index (Phi) is 5.84. The van der Waals surface area contributed by atoms with Gasteiger partial charge in [0.05, 0.1) is 18.6 Å². The number of rotatable bonds is 8. The second kappa shape index (κ2) is 6.36. The third-order valence-electron chi connectivity index (χ3n) is 1.90. The third kappa shape index (κ3) is 6.70. The van der Waals surface area contributed by atoms with Crippen LogP contribution in [0.25, 0.3) is 0 Å². The maximum Gasteiger partial charge on any atom is 0.307 e. The Balaban J connectivity index is 4.63. The molecule has 1 unspecified atom stereocenters. The summed E-state index contributed by atoms with van der Waals surface area (Å²) in [5.41, 5.74) is 0. The highest BCUT2D eigenvalue weighted by molar-refractivity contribution is 7.58. The van der Waals surface area contributed by atoms with Crippen LogP contribution in [0.2, 0.25) is 0 Å². The van der Waals surface area contributed by atoms with Crippen LogP contribution in [0.1, 0.15) is 6.42 Å². The Morgan fingerprint density at radius 1 is 1.41 bits per heavy atom. The van der Waals surface area contributed by atoms with E-state index in [4.69, 9.17) is 10.2 Å². The topological polar surface area (TPSA) is 132 Å². The molecule has 0 bridgehead atoms. The molecular weight excluding hydrogens is 253 g/mol. The minimum atomic E-state index is -3.88. The molecule has 17 heavy (non-hydrogen) atoms. The van der Waals surface area contributed by atoms with E-state index in [0.29, 0.717) is 6.41 Å². The molecule has 0 aromatic heterocycles. The number of hydrogen-bond donors (Lipinski definition) is 3. The lowest BCUT2D eigenvalue weighted by molar-refractivity contribution is -0.147. The molecule has 0 aromatic carbocycles. The highest BCUT2D eigenvalue weighted by atomic mass is 31.2. The van der Waals surface area contributed by atoms with E-state index >= 15 is 0 Å². The number of carboxylic acids is 2. The van der Waals surface area contributed by atoms with Gasteiger partial charge < -0.3 is 20.0 Å². The van der Waals surface area contributed by atoms with Crippen LogP contribution in [-0.4, -0.2) is 57.9 Å². The van der Waals surface area contributed by atoms with Crippen LogP contribution in [-0.2, 0) is 18.9 Å². The predicted octanol–water partition coefficient (Wildman–Crippen LogP) is -0.522. The van der Waals surface area contributed by atoms with Crippen molar-refractivity contribution in [3.8, 4) is 0 Å². The van der Waals surface area contributed by atoms with Crippen molar-refractivity contribution in [2.24, 2.45) is 5.92 Å². The second-order valence-electron chi connectivity index (χ2n) is 3.67. The Bertz CT molecular complexity index is 356. The molecule has 0 aliphatic carbocycles. The van der Waals surface area contributed by atoms with Crippen LogP contribution in [0.5, 0.6) is 0 Å². The van der Waals surface area contributed by atoms with E-state index < -0.39 is 44.1 Å². The molecule has 0 fully saturated rings. The van der Waals surface area contributed by atoms with Gasteiger partial charge in [-0.3, -0.25) is 18.9 Å². The molecule has 0 spiro atoms. The van der Waals surface area contributed by atoms with Crippen molar-refractivity contribution in [3.05, 3.63) is 0 Å². The predicted molar refractivity (Wildman–Crippen MR) is 56.8 cm³/mol. The van der Waals surface area contributed by atoms with Crippen molar-refractivity contribution in [1.29, 1.82) is 0 Å². The van der Waals surface area contributed by atoms with Crippen molar-refractivity contribution in [3.63, 3.8) is 0 Å². The van der Waals surface area contributed by atoms with E-state index in [2.05, 4.69) is 0 Å². The fraction of sp³-hybridized carbons (Fsp3) is 0.625. The average Bonchev–Trinajstić information content (AvgIpc) is 2.14. The normalized spacial score (nSPS) is 15.6. The van der Waals surface area contributed by atoms with Gasteiger partial charge in [-0.15, -0.1) is 0 Å². The van der Waals surface area contributed by atoms with Crippen molar-refractivity contribution < 1.29 is 34.1 Å². The number of amides is 1. The summed E-state index contributed by atoms with van der Waals surface area (Å²) in [7, 11) is -2.61. The van der Waals surface area contributed by atoms with Crippen molar-refractivity contribution >= 4 is 25.7 Å². The van der Waals surface area contributed by atoms with Crippen LogP contribution in [0.3, 0.4) is 0 Å². The van der Waals surface area contributed by atoms with Crippen molar-refractivity contribution in [2.75, 3.05) is 19.5 Å². The molecule has 0 aliphatic heterocycles. The molecule has 1 amide bonds. The molecule has 0 rings (SSSR count).